The lowest BCUT2D eigenvalue weighted by Gasteiger charge is -2.50. The summed E-state index contributed by atoms with van der Waals surface area (Å²) in [6, 6.07) is 2.09. The van der Waals surface area contributed by atoms with Crippen molar-refractivity contribution in [2.24, 2.45) is 11.3 Å². The van der Waals surface area contributed by atoms with Crippen molar-refractivity contribution >= 4 is 0 Å². The summed E-state index contributed by atoms with van der Waals surface area (Å²) >= 11 is 0. The molecule has 1 N–H and O–H groups in total. The Kier molecular flexibility index (Phi) is 5.53. The molecule has 2 unspecified atom stereocenters. The SMILES string of the molecule is CCCNC1C(N(CC2CC2)C(C)C)CCCC1(C)C. The predicted molar refractivity (Wildman–Crippen MR) is 88.1 cm³/mol. The van der Waals surface area contributed by atoms with Gasteiger partial charge in [-0.3, -0.25) is 4.90 Å². The summed E-state index contributed by atoms with van der Waals surface area (Å²) in [5.74, 6) is 0.995. The first-order valence-electron chi connectivity index (χ1n) is 8.95. The van der Waals surface area contributed by atoms with Crippen molar-refractivity contribution in [1.82, 2.24) is 10.2 Å². The molecule has 2 heteroatoms. The van der Waals surface area contributed by atoms with Crippen LogP contribution in [0.4, 0.5) is 0 Å². The van der Waals surface area contributed by atoms with Gasteiger partial charge in [0.25, 0.3) is 0 Å². The van der Waals surface area contributed by atoms with Crippen LogP contribution >= 0.6 is 0 Å². The second-order valence-electron chi connectivity index (χ2n) is 8.11. The molecule has 0 heterocycles. The summed E-state index contributed by atoms with van der Waals surface area (Å²) in [6.45, 7) is 14.5. The van der Waals surface area contributed by atoms with Crippen molar-refractivity contribution in [3.05, 3.63) is 0 Å². The van der Waals surface area contributed by atoms with Crippen LogP contribution in [-0.2, 0) is 0 Å². The van der Waals surface area contributed by atoms with Crippen LogP contribution in [0.1, 0.15) is 73.1 Å². The maximum Gasteiger partial charge on any atom is 0.0274 e. The van der Waals surface area contributed by atoms with Crippen LogP contribution < -0.4 is 5.32 Å². The minimum atomic E-state index is 0.439. The molecular formula is C18H36N2. The molecule has 0 amide bonds. The molecule has 0 radical (unpaired) electrons. The Morgan fingerprint density at radius 2 is 1.90 bits per heavy atom. The van der Waals surface area contributed by atoms with Gasteiger partial charge in [0.15, 0.2) is 0 Å². The third-order valence-corrected chi connectivity index (χ3v) is 5.42. The molecule has 2 nitrogen and oxygen atoms in total. The Balaban J connectivity index is 2.10. The monoisotopic (exact) mass is 280 g/mol. The van der Waals surface area contributed by atoms with Crippen LogP contribution in [0.3, 0.4) is 0 Å². The van der Waals surface area contributed by atoms with Crippen molar-refractivity contribution in [2.75, 3.05) is 13.1 Å². The maximum atomic E-state index is 3.90. The fraction of sp³-hybridized carbons (Fsp3) is 1.00. The van der Waals surface area contributed by atoms with Crippen molar-refractivity contribution in [3.63, 3.8) is 0 Å². The topological polar surface area (TPSA) is 15.3 Å². The first-order valence-corrected chi connectivity index (χ1v) is 8.95. The minimum absolute atomic E-state index is 0.439. The zero-order valence-electron chi connectivity index (χ0n) is 14.4. The minimum Gasteiger partial charge on any atom is -0.312 e. The standard InChI is InChI=1S/C18H36N2/c1-6-12-19-17-16(8-7-11-18(17,4)5)20(14(2)3)13-15-9-10-15/h14-17,19H,6-13H2,1-5H3. The summed E-state index contributed by atoms with van der Waals surface area (Å²) in [5.41, 5.74) is 0.439. The van der Waals surface area contributed by atoms with Gasteiger partial charge in [0.1, 0.15) is 0 Å². The van der Waals surface area contributed by atoms with Gasteiger partial charge in [-0.25, -0.2) is 0 Å². The van der Waals surface area contributed by atoms with Crippen LogP contribution in [0.25, 0.3) is 0 Å². The molecular weight excluding hydrogens is 244 g/mol. The van der Waals surface area contributed by atoms with Crippen LogP contribution in [0.5, 0.6) is 0 Å². The summed E-state index contributed by atoms with van der Waals surface area (Å²) in [7, 11) is 0. The molecule has 0 bridgehead atoms. The Bertz CT molecular complexity index is 294. The molecule has 0 aliphatic heterocycles. The van der Waals surface area contributed by atoms with Gasteiger partial charge in [-0.15, -0.1) is 0 Å². The molecule has 2 rings (SSSR count). The van der Waals surface area contributed by atoms with Gasteiger partial charge >= 0.3 is 0 Å². The molecule has 0 aromatic heterocycles. The molecule has 0 aromatic rings. The second-order valence-corrected chi connectivity index (χ2v) is 8.11. The van der Waals surface area contributed by atoms with Gasteiger partial charge in [0, 0.05) is 24.7 Å². The molecule has 2 atom stereocenters. The van der Waals surface area contributed by atoms with E-state index in [0.29, 0.717) is 17.5 Å². The first kappa shape index (κ1) is 16.3. The third kappa shape index (κ3) is 3.98. The fourth-order valence-corrected chi connectivity index (χ4v) is 4.01. The van der Waals surface area contributed by atoms with E-state index in [9.17, 15) is 0 Å². The zero-order chi connectivity index (χ0) is 14.8. The Morgan fingerprint density at radius 1 is 1.20 bits per heavy atom. The van der Waals surface area contributed by atoms with E-state index in [-0.39, 0.29) is 0 Å². The van der Waals surface area contributed by atoms with Gasteiger partial charge in [0.05, 0.1) is 0 Å². The van der Waals surface area contributed by atoms with Crippen molar-refractivity contribution in [2.45, 2.75) is 91.3 Å². The van der Waals surface area contributed by atoms with E-state index >= 15 is 0 Å². The second kappa shape index (κ2) is 6.79. The van der Waals surface area contributed by atoms with Crippen LogP contribution in [0, 0.1) is 11.3 Å². The average Bonchev–Trinajstić information content (AvgIpc) is 3.17. The van der Waals surface area contributed by atoms with E-state index in [1.54, 1.807) is 0 Å². The van der Waals surface area contributed by atoms with Crippen molar-refractivity contribution in [1.29, 1.82) is 0 Å². The molecule has 2 fully saturated rings. The molecule has 0 aromatic carbocycles. The van der Waals surface area contributed by atoms with E-state index in [4.69, 9.17) is 0 Å². The summed E-state index contributed by atoms with van der Waals surface area (Å²) < 4.78 is 0. The van der Waals surface area contributed by atoms with Crippen LogP contribution in [0.2, 0.25) is 0 Å². The Labute approximate surface area is 126 Å². The zero-order valence-corrected chi connectivity index (χ0v) is 14.4. The van der Waals surface area contributed by atoms with E-state index in [2.05, 4.69) is 44.8 Å². The summed E-state index contributed by atoms with van der Waals surface area (Å²) in [6.07, 6.45) is 8.33. The lowest BCUT2D eigenvalue weighted by molar-refractivity contribution is 0.0281. The van der Waals surface area contributed by atoms with E-state index in [1.165, 1.54) is 51.6 Å². The van der Waals surface area contributed by atoms with Crippen molar-refractivity contribution in [3.8, 4) is 0 Å². The van der Waals surface area contributed by atoms with Gasteiger partial charge in [-0.05, 0) is 63.8 Å². The largest absolute Gasteiger partial charge is 0.312 e. The smallest absolute Gasteiger partial charge is 0.0274 e. The van der Waals surface area contributed by atoms with Gasteiger partial charge in [-0.1, -0.05) is 27.2 Å². The van der Waals surface area contributed by atoms with Crippen molar-refractivity contribution < 1.29 is 0 Å². The fourth-order valence-electron chi connectivity index (χ4n) is 4.01. The highest BCUT2D eigenvalue weighted by atomic mass is 15.2. The summed E-state index contributed by atoms with van der Waals surface area (Å²) in [5, 5.41) is 3.90. The number of rotatable bonds is 7. The normalized spacial score (nSPS) is 30.1. The van der Waals surface area contributed by atoms with E-state index in [0.717, 1.165) is 12.0 Å². The van der Waals surface area contributed by atoms with Crippen LogP contribution in [0.15, 0.2) is 0 Å². The number of nitrogens with zero attached hydrogens (tertiary/aromatic N) is 1. The number of hydrogen-bond donors (Lipinski definition) is 1. The average molecular weight is 280 g/mol. The highest BCUT2D eigenvalue weighted by Gasteiger charge is 2.42. The van der Waals surface area contributed by atoms with Crippen LogP contribution in [-0.4, -0.2) is 36.1 Å². The van der Waals surface area contributed by atoms with E-state index < -0.39 is 0 Å². The molecule has 0 saturated heterocycles. The highest BCUT2D eigenvalue weighted by Crippen LogP contribution is 2.40. The maximum absolute atomic E-state index is 3.90. The number of nitrogens with one attached hydrogen (secondary N) is 1. The molecule has 118 valence electrons. The third-order valence-electron chi connectivity index (χ3n) is 5.42. The lowest BCUT2D eigenvalue weighted by atomic mass is 9.70. The highest BCUT2D eigenvalue weighted by molar-refractivity contribution is 4.99. The van der Waals surface area contributed by atoms with Gasteiger partial charge < -0.3 is 5.32 Å². The first-order chi connectivity index (χ1) is 9.45. The van der Waals surface area contributed by atoms with E-state index in [1.807, 2.05) is 0 Å². The molecule has 0 spiro atoms. The lowest BCUT2D eigenvalue weighted by Crippen LogP contribution is -2.60. The summed E-state index contributed by atoms with van der Waals surface area (Å²) in [4.78, 5) is 2.83. The molecule has 2 aliphatic carbocycles. The molecule has 2 aliphatic rings. The Morgan fingerprint density at radius 3 is 2.45 bits per heavy atom. The molecule has 2 saturated carbocycles. The molecule has 20 heavy (non-hydrogen) atoms. The predicted octanol–water partition coefficient (Wildman–Crippen LogP) is 4.05. The van der Waals surface area contributed by atoms with Gasteiger partial charge in [-0.2, -0.15) is 0 Å². The van der Waals surface area contributed by atoms with Gasteiger partial charge in [0.2, 0.25) is 0 Å². The Hall–Kier alpha value is -0.0800. The quantitative estimate of drug-likeness (QED) is 0.757. The number of hydrogen-bond acceptors (Lipinski definition) is 2.